The van der Waals surface area contributed by atoms with Crippen molar-refractivity contribution in [1.82, 2.24) is 9.78 Å². The van der Waals surface area contributed by atoms with E-state index in [1.165, 1.54) is 6.92 Å². The Morgan fingerprint density at radius 2 is 1.62 bits per heavy atom. The number of benzene rings is 2. The molecule has 0 aliphatic heterocycles. The van der Waals surface area contributed by atoms with Crippen LogP contribution < -0.4 is 10.6 Å². The number of aromatic nitrogens is 2. The van der Waals surface area contributed by atoms with Crippen molar-refractivity contribution in [2.24, 2.45) is 0 Å². The standard InChI is InChI=1S/C20H20N4O2/c1-13-10-14(2)24(23-13)19-9-4-6-16(11-19)20(26)22-18-8-5-7-17(12-18)21-15(3)25/h4-12H,1-3H3,(H,21,25)(H,22,26). The average Bonchev–Trinajstić information content (AvgIpc) is 2.93. The molecule has 6 nitrogen and oxygen atoms in total. The quantitative estimate of drug-likeness (QED) is 0.755. The number of nitrogens with zero attached hydrogens (tertiary/aromatic N) is 2. The van der Waals surface area contributed by atoms with Crippen molar-refractivity contribution in [2.45, 2.75) is 20.8 Å². The van der Waals surface area contributed by atoms with Gasteiger partial charge in [-0.3, -0.25) is 9.59 Å². The molecule has 0 unspecified atom stereocenters. The summed E-state index contributed by atoms with van der Waals surface area (Å²) in [5.74, 6) is -0.389. The van der Waals surface area contributed by atoms with Gasteiger partial charge < -0.3 is 10.6 Å². The molecule has 0 saturated heterocycles. The van der Waals surface area contributed by atoms with E-state index in [0.29, 0.717) is 16.9 Å². The van der Waals surface area contributed by atoms with E-state index in [2.05, 4.69) is 15.7 Å². The van der Waals surface area contributed by atoms with Gasteiger partial charge in [-0.15, -0.1) is 0 Å². The fourth-order valence-electron chi connectivity index (χ4n) is 2.75. The molecule has 0 atom stereocenters. The molecule has 0 aliphatic carbocycles. The fraction of sp³-hybridized carbons (Fsp3) is 0.150. The second-order valence-electron chi connectivity index (χ2n) is 6.11. The molecule has 0 saturated carbocycles. The Kier molecular flexibility index (Phi) is 4.84. The second-order valence-corrected chi connectivity index (χ2v) is 6.11. The summed E-state index contributed by atoms with van der Waals surface area (Å²) < 4.78 is 1.81. The number of carbonyl (C=O) groups excluding carboxylic acids is 2. The molecule has 26 heavy (non-hydrogen) atoms. The molecule has 0 radical (unpaired) electrons. The molecule has 132 valence electrons. The summed E-state index contributed by atoms with van der Waals surface area (Å²) in [6, 6.07) is 16.3. The number of hydrogen-bond acceptors (Lipinski definition) is 3. The van der Waals surface area contributed by atoms with E-state index in [-0.39, 0.29) is 11.8 Å². The van der Waals surface area contributed by atoms with Crippen LogP contribution >= 0.6 is 0 Å². The summed E-state index contributed by atoms with van der Waals surface area (Å²) in [4.78, 5) is 23.8. The maximum absolute atomic E-state index is 12.6. The highest BCUT2D eigenvalue weighted by Gasteiger charge is 2.10. The van der Waals surface area contributed by atoms with E-state index in [4.69, 9.17) is 0 Å². The summed E-state index contributed by atoms with van der Waals surface area (Å²) in [6.07, 6.45) is 0. The van der Waals surface area contributed by atoms with Gasteiger partial charge in [0.25, 0.3) is 5.91 Å². The summed E-state index contributed by atoms with van der Waals surface area (Å²) in [5.41, 5.74) is 4.52. The van der Waals surface area contributed by atoms with Crippen molar-refractivity contribution in [3.05, 3.63) is 71.5 Å². The molecule has 1 heterocycles. The SMILES string of the molecule is CC(=O)Nc1cccc(NC(=O)c2cccc(-n3nc(C)cc3C)c2)c1. The van der Waals surface area contributed by atoms with Crippen molar-refractivity contribution in [3.8, 4) is 5.69 Å². The van der Waals surface area contributed by atoms with Crippen molar-refractivity contribution >= 4 is 23.2 Å². The molecule has 2 aromatic carbocycles. The van der Waals surface area contributed by atoms with Crippen molar-refractivity contribution in [1.29, 1.82) is 0 Å². The zero-order valence-corrected chi connectivity index (χ0v) is 14.9. The monoisotopic (exact) mass is 348 g/mol. The van der Waals surface area contributed by atoms with E-state index in [9.17, 15) is 9.59 Å². The second kappa shape index (κ2) is 7.23. The molecule has 3 aromatic rings. The Morgan fingerprint density at radius 1 is 0.923 bits per heavy atom. The fourth-order valence-corrected chi connectivity index (χ4v) is 2.75. The summed E-state index contributed by atoms with van der Waals surface area (Å²) in [5, 5.41) is 9.99. The van der Waals surface area contributed by atoms with Crippen LogP contribution in [0.5, 0.6) is 0 Å². The lowest BCUT2D eigenvalue weighted by atomic mass is 10.1. The Bertz CT molecular complexity index is 975. The van der Waals surface area contributed by atoms with E-state index < -0.39 is 0 Å². The number of anilines is 2. The van der Waals surface area contributed by atoms with E-state index in [1.807, 2.05) is 36.7 Å². The minimum atomic E-state index is -0.228. The zero-order valence-electron chi connectivity index (χ0n) is 14.9. The smallest absolute Gasteiger partial charge is 0.255 e. The third kappa shape index (κ3) is 3.97. The number of amides is 2. The topological polar surface area (TPSA) is 76.0 Å². The third-order valence-electron chi connectivity index (χ3n) is 3.80. The van der Waals surface area contributed by atoms with E-state index in [0.717, 1.165) is 17.1 Å². The van der Waals surface area contributed by atoms with Crippen LogP contribution in [0, 0.1) is 13.8 Å². The van der Waals surface area contributed by atoms with Crippen molar-refractivity contribution in [2.75, 3.05) is 10.6 Å². The maximum atomic E-state index is 12.6. The number of hydrogen-bond donors (Lipinski definition) is 2. The maximum Gasteiger partial charge on any atom is 0.255 e. The Balaban J connectivity index is 1.81. The Labute approximate surface area is 151 Å². The lowest BCUT2D eigenvalue weighted by Gasteiger charge is -2.10. The highest BCUT2D eigenvalue weighted by Crippen LogP contribution is 2.18. The summed E-state index contributed by atoms with van der Waals surface area (Å²) in [7, 11) is 0. The molecule has 2 N–H and O–H groups in total. The molecular weight excluding hydrogens is 328 g/mol. The Hall–Kier alpha value is -3.41. The van der Waals surface area contributed by atoms with Crippen LogP contribution in [0.25, 0.3) is 5.69 Å². The summed E-state index contributed by atoms with van der Waals surface area (Å²) >= 11 is 0. The Morgan fingerprint density at radius 3 is 2.27 bits per heavy atom. The van der Waals surface area contributed by atoms with Crippen molar-refractivity contribution in [3.63, 3.8) is 0 Å². The molecule has 1 aromatic heterocycles. The molecule has 6 heteroatoms. The molecular formula is C20H20N4O2. The first-order chi connectivity index (χ1) is 12.4. The van der Waals surface area contributed by atoms with E-state index >= 15 is 0 Å². The van der Waals surface area contributed by atoms with Crippen LogP contribution in [-0.2, 0) is 4.79 Å². The molecule has 0 fully saturated rings. The molecule has 0 bridgehead atoms. The van der Waals surface area contributed by atoms with E-state index in [1.54, 1.807) is 36.4 Å². The van der Waals surface area contributed by atoms with Crippen molar-refractivity contribution < 1.29 is 9.59 Å². The van der Waals surface area contributed by atoms with Gasteiger partial charge in [0.15, 0.2) is 0 Å². The predicted octanol–water partition coefficient (Wildman–Crippen LogP) is 3.70. The molecule has 0 aliphatic rings. The van der Waals surface area contributed by atoms with Gasteiger partial charge in [0.2, 0.25) is 5.91 Å². The van der Waals surface area contributed by atoms with Gasteiger partial charge >= 0.3 is 0 Å². The lowest BCUT2D eigenvalue weighted by Crippen LogP contribution is -2.13. The zero-order chi connectivity index (χ0) is 18.7. The predicted molar refractivity (Wildman–Crippen MR) is 102 cm³/mol. The molecule has 3 rings (SSSR count). The first-order valence-electron chi connectivity index (χ1n) is 8.25. The number of rotatable bonds is 4. The largest absolute Gasteiger partial charge is 0.326 e. The van der Waals surface area contributed by atoms with Gasteiger partial charge in [-0.2, -0.15) is 5.10 Å². The number of carbonyl (C=O) groups is 2. The van der Waals surface area contributed by atoms with Gasteiger partial charge in [-0.1, -0.05) is 12.1 Å². The molecule has 0 spiro atoms. The number of aryl methyl sites for hydroxylation is 2. The van der Waals surface area contributed by atoms with Gasteiger partial charge in [0, 0.05) is 29.6 Å². The lowest BCUT2D eigenvalue weighted by molar-refractivity contribution is -0.114. The van der Waals surface area contributed by atoms with Crippen LogP contribution in [-0.4, -0.2) is 21.6 Å². The highest BCUT2D eigenvalue weighted by molar-refractivity contribution is 6.05. The van der Waals surface area contributed by atoms with Crippen LogP contribution in [0.1, 0.15) is 28.7 Å². The van der Waals surface area contributed by atoms with Gasteiger partial charge in [0.05, 0.1) is 11.4 Å². The first kappa shape index (κ1) is 17.4. The highest BCUT2D eigenvalue weighted by atomic mass is 16.2. The minimum Gasteiger partial charge on any atom is -0.326 e. The number of nitrogens with one attached hydrogen (secondary N) is 2. The van der Waals surface area contributed by atoms with Gasteiger partial charge in [-0.25, -0.2) is 4.68 Å². The van der Waals surface area contributed by atoms with Crippen LogP contribution in [0.2, 0.25) is 0 Å². The van der Waals surface area contributed by atoms with Crippen LogP contribution in [0.15, 0.2) is 54.6 Å². The summed E-state index contributed by atoms with van der Waals surface area (Å²) in [6.45, 7) is 5.35. The van der Waals surface area contributed by atoms with Gasteiger partial charge in [0.1, 0.15) is 0 Å². The van der Waals surface area contributed by atoms with Crippen LogP contribution in [0.4, 0.5) is 11.4 Å². The normalized spacial score (nSPS) is 10.4. The first-order valence-corrected chi connectivity index (χ1v) is 8.25. The van der Waals surface area contributed by atoms with Gasteiger partial charge in [-0.05, 0) is 56.3 Å². The van der Waals surface area contributed by atoms with Crippen LogP contribution in [0.3, 0.4) is 0 Å². The average molecular weight is 348 g/mol. The third-order valence-corrected chi connectivity index (χ3v) is 3.80. The minimum absolute atomic E-state index is 0.161. The molecule has 2 amide bonds.